The highest BCUT2D eigenvalue weighted by molar-refractivity contribution is 5.95. The van der Waals surface area contributed by atoms with Gasteiger partial charge in [-0.2, -0.15) is 0 Å². The van der Waals surface area contributed by atoms with Gasteiger partial charge in [-0.25, -0.2) is 4.98 Å². The summed E-state index contributed by atoms with van der Waals surface area (Å²) in [5, 5.41) is 13.1. The summed E-state index contributed by atoms with van der Waals surface area (Å²) in [5.41, 5.74) is 2.49. The summed E-state index contributed by atoms with van der Waals surface area (Å²) in [6.07, 6.45) is 4.40. The summed E-state index contributed by atoms with van der Waals surface area (Å²) in [4.78, 5) is 34.9. The zero-order chi connectivity index (χ0) is 24.0. The van der Waals surface area contributed by atoms with Crippen LogP contribution in [0.2, 0.25) is 0 Å². The number of rotatable bonds is 4. The molecule has 4 heterocycles. The van der Waals surface area contributed by atoms with Gasteiger partial charge >= 0.3 is 0 Å². The number of carbonyl (C=O) groups is 2. The van der Waals surface area contributed by atoms with Crippen LogP contribution in [0, 0.1) is 6.92 Å². The van der Waals surface area contributed by atoms with Crippen LogP contribution in [-0.2, 0) is 10.3 Å². The summed E-state index contributed by atoms with van der Waals surface area (Å²) < 4.78 is 2.07. The number of hydrogen-bond donors (Lipinski definition) is 2. The molecule has 176 valence electrons. The average Bonchev–Trinajstić information content (AvgIpc) is 3.46. The number of carbonyl (C=O) groups excluding carboxylic acids is 2. The molecule has 1 atom stereocenters. The van der Waals surface area contributed by atoms with Crippen molar-refractivity contribution in [3.8, 4) is 11.6 Å². The molecule has 2 aromatic heterocycles. The highest BCUT2D eigenvalue weighted by Crippen LogP contribution is 2.47. The SMILES string of the molecule is Cc1ccc(C(=O)N2CC[C@@]3(C2)c2cccn2-c2ncccc2N3CC(=O)NC(C)C)cc1O. The molecule has 1 aromatic carbocycles. The van der Waals surface area contributed by atoms with E-state index in [1.54, 1.807) is 25.3 Å². The fourth-order valence-electron chi connectivity index (χ4n) is 5.17. The Bertz CT molecular complexity index is 1270. The summed E-state index contributed by atoms with van der Waals surface area (Å²) in [5.74, 6) is 0.684. The Morgan fingerprint density at radius 1 is 1.21 bits per heavy atom. The molecular formula is C26H29N5O3. The predicted molar refractivity (Wildman–Crippen MR) is 129 cm³/mol. The normalized spacial score (nSPS) is 18.8. The number of likely N-dealkylation sites (tertiary alicyclic amines) is 1. The van der Waals surface area contributed by atoms with E-state index in [4.69, 9.17) is 0 Å². The zero-order valence-corrected chi connectivity index (χ0v) is 19.7. The average molecular weight is 460 g/mol. The second-order valence-electron chi connectivity index (χ2n) is 9.43. The molecular weight excluding hydrogens is 430 g/mol. The molecule has 0 radical (unpaired) electrons. The molecule has 1 spiro atoms. The van der Waals surface area contributed by atoms with Crippen LogP contribution in [0.5, 0.6) is 5.75 Å². The Kier molecular flexibility index (Phi) is 5.31. The lowest BCUT2D eigenvalue weighted by molar-refractivity contribution is -0.120. The van der Waals surface area contributed by atoms with Gasteiger partial charge in [-0.05, 0) is 69.2 Å². The molecule has 1 fully saturated rings. The van der Waals surface area contributed by atoms with Gasteiger partial charge in [0.05, 0.1) is 17.9 Å². The Morgan fingerprint density at radius 3 is 2.79 bits per heavy atom. The Morgan fingerprint density at radius 2 is 2.03 bits per heavy atom. The van der Waals surface area contributed by atoms with Crippen molar-refractivity contribution in [1.29, 1.82) is 0 Å². The third kappa shape index (κ3) is 3.50. The van der Waals surface area contributed by atoms with Gasteiger partial charge in [0.1, 0.15) is 11.3 Å². The number of benzene rings is 1. The van der Waals surface area contributed by atoms with Crippen molar-refractivity contribution in [3.63, 3.8) is 0 Å². The molecule has 8 heteroatoms. The zero-order valence-electron chi connectivity index (χ0n) is 19.7. The van der Waals surface area contributed by atoms with Crippen LogP contribution in [0.4, 0.5) is 5.69 Å². The van der Waals surface area contributed by atoms with Crippen LogP contribution in [0.1, 0.15) is 41.9 Å². The Hall–Kier alpha value is -3.81. The molecule has 2 aliphatic heterocycles. The first-order valence-corrected chi connectivity index (χ1v) is 11.6. The molecule has 2 aliphatic rings. The quantitative estimate of drug-likeness (QED) is 0.626. The largest absolute Gasteiger partial charge is 0.508 e. The number of anilines is 1. The first kappa shape index (κ1) is 22.0. The van der Waals surface area contributed by atoms with Gasteiger partial charge in [-0.15, -0.1) is 0 Å². The lowest BCUT2D eigenvalue weighted by atomic mass is 9.88. The first-order chi connectivity index (χ1) is 16.3. The summed E-state index contributed by atoms with van der Waals surface area (Å²) in [7, 11) is 0. The van der Waals surface area contributed by atoms with E-state index < -0.39 is 5.54 Å². The minimum atomic E-state index is -0.573. The highest BCUT2D eigenvalue weighted by Gasteiger charge is 2.51. The molecule has 1 saturated heterocycles. The van der Waals surface area contributed by atoms with E-state index in [1.165, 1.54) is 6.07 Å². The third-order valence-corrected chi connectivity index (χ3v) is 6.77. The summed E-state index contributed by atoms with van der Waals surface area (Å²) in [6, 6.07) is 13.0. The maximum Gasteiger partial charge on any atom is 0.254 e. The monoisotopic (exact) mass is 459 g/mol. The fourth-order valence-corrected chi connectivity index (χ4v) is 5.17. The number of aromatic hydroxyl groups is 1. The summed E-state index contributed by atoms with van der Waals surface area (Å²) >= 11 is 0. The van der Waals surface area contributed by atoms with Crippen molar-refractivity contribution in [2.45, 2.75) is 38.8 Å². The maximum absolute atomic E-state index is 13.4. The number of phenols is 1. The number of amides is 2. The van der Waals surface area contributed by atoms with Crippen LogP contribution in [-0.4, -0.2) is 57.0 Å². The number of aryl methyl sites for hydroxylation is 1. The maximum atomic E-state index is 13.4. The van der Waals surface area contributed by atoms with Crippen molar-refractivity contribution in [1.82, 2.24) is 19.8 Å². The van der Waals surface area contributed by atoms with Crippen molar-refractivity contribution >= 4 is 17.5 Å². The topological polar surface area (TPSA) is 90.7 Å². The molecule has 3 aromatic rings. The number of nitrogens with zero attached hydrogens (tertiary/aromatic N) is 4. The van der Waals surface area contributed by atoms with E-state index in [9.17, 15) is 14.7 Å². The predicted octanol–water partition coefficient (Wildman–Crippen LogP) is 2.97. The standard InChI is InChI=1S/C26H29N5O3/c1-17(2)28-23(33)15-31-20-6-4-11-27-24(20)30-12-5-7-22(30)26(31)10-13-29(16-26)25(34)19-9-8-18(3)21(32)14-19/h4-9,11-12,14,17,32H,10,13,15-16H2,1-3H3,(H,28,33)/t26-/m1/s1. The van der Waals surface area contributed by atoms with Gasteiger partial charge in [0.2, 0.25) is 5.91 Å². The number of pyridine rings is 1. The molecule has 8 nitrogen and oxygen atoms in total. The van der Waals surface area contributed by atoms with Gasteiger partial charge in [0.25, 0.3) is 5.91 Å². The molecule has 0 unspecified atom stereocenters. The highest BCUT2D eigenvalue weighted by atomic mass is 16.3. The number of hydrogen-bond acceptors (Lipinski definition) is 5. The Balaban J connectivity index is 1.55. The number of phenolic OH excluding ortho intramolecular Hbond substituents is 1. The smallest absolute Gasteiger partial charge is 0.254 e. The van der Waals surface area contributed by atoms with Crippen LogP contribution in [0.25, 0.3) is 5.82 Å². The minimum absolute atomic E-state index is 0.0290. The number of nitrogens with one attached hydrogen (secondary N) is 1. The van der Waals surface area contributed by atoms with Gasteiger partial charge in [0.15, 0.2) is 5.82 Å². The number of aromatic nitrogens is 2. The second-order valence-corrected chi connectivity index (χ2v) is 9.43. The van der Waals surface area contributed by atoms with Crippen molar-refractivity contribution in [2.75, 3.05) is 24.5 Å². The van der Waals surface area contributed by atoms with Crippen LogP contribution in [0.15, 0.2) is 54.9 Å². The van der Waals surface area contributed by atoms with E-state index in [0.29, 0.717) is 25.1 Å². The van der Waals surface area contributed by atoms with Crippen LogP contribution >= 0.6 is 0 Å². The molecule has 5 rings (SSSR count). The molecule has 2 amide bonds. The molecule has 0 aliphatic carbocycles. The lowest BCUT2D eigenvalue weighted by Gasteiger charge is -2.46. The van der Waals surface area contributed by atoms with E-state index in [2.05, 4.69) is 25.8 Å². The van der Waals surface area contributed by atoms with Crippen molar-refractivity contribution < 1.29 is 14.7 Å². The molecule has 0 bridgehead atoms. The van der Waals surface area contributed by atoms with E-state index in [-0.39, 0.29) is 30.2 Å². The minimum Gasteiger partial charge on any atom is -0.508 e. The van der Waals surface area contributed by atoms with E-state index in [0.717, 1.165) is 22.8 Å². The van der Waals surface area contributed by atoms with Gasteiger partial charge in [-0.3, -0.25) is 9.59 Å². The van der Waals surface area contributed by atoms with Crippen molar-refractivity contribution in [3.05, 3.63) is 71.7 Å². The van der Waals surface area contributed by atoms with E-state index >= 15 is 0 Å². The first-order valence-electron chi connectivity index (χ1n) is 11.6. The lowest BCUT2D eigenvalue weighted by Crippen LogP contribution is -2.56. The van der Waals surface area contributed by atoms with Gasteiger partial charge in [-0.1, -0.05) is 6.07 Å². The van der Waals surface area contributed by atoms with E-state index in [1.807, 2.05) is 43.1 Å². The van der Waals surface area contributed by atoms with Gasteiger partial charge in [0, 0.05) is 37.1 Å². The second kappa shape index (κ2) is 8.20. The molecule has 34 heavy (non-hydrogen) atoms. The Labute approximate surface area is 198 Å². The van der Waals surface area contributed by atoms with Crippen LogP contribution < -0.4 is 10.2 Å². The van der Waals surface area contributed by atoms with Gasteiger partial charge < -0.3 is 24.8 Å². The third-order valence-electron chi connectivity index (χ3n) is 6.77. The van der Waals surface area contributed by atoms with Crippen molar-refractivity contribution in [2.24, 2.45) is 0 Å². The molecule has 0 saturated carbocycles. The van der Waals surface area contributed by atoms with Crippen LogP contribution in [0.3, 0.4) is 0 Å². The summed E-state index contributed by atoms with van der Waals surface area (Å²) in [6.45, 7) is 6.81. The molecule has 2 N–H and O–H groups in total. The number of fused-ring (bicyclic) bond motifs is 4. The fraction of sp³-hybridized carbons (Fsp3) is 0.346.